The summed E-state index contributed by atoms with van der Waals surface area (Å²) in [6.45, 7) is 17.9. The second-order valence-corrected chi connectivity index (χ2v) is 42.1. The van der Waals surface area contributed by atoms with Crippen LogP contribution in [0.3, 0.4) is 0 Å². The van der Waals surface area contributed by atoms with Crippen LogP contribution in [0.5, 0.6) is 0 Å². The number of rotatable bonds is 31. The molecule has 1 aromatic rings. The van der Waals surface area contributed by atoms with Gasteiger partial charge in [-0.05, 0) is 129 Å². The van der Waals surface area contributed by atoms with Gasteiger partial charge in [-0.3, -0.25) is 14.4 Å². The summed E-state index contributed by atoms with van der Waals surface area (Å²) >= 11 is 0. The van der Waals surface area contributed by atoms with Crippen LogP contribution in [0.1, 0.15) is 152 Å². The first-order valence-electron chi connectivity index (χ1n) is 48.2. The summed E-state index contributed by atoms with van der Waals surface area (Å²) < 4.78 is 117. The van der Waals surface area contributed by atoms with Crippen LogP contribution in [0.2, 0.25) is 0 Å². The van der Waals surface area contributed by atoms with E-state index in [-0.39, 0.29) is 43.1 Å². The zero-order chi connectivity index (χ0) is 102. The van der Waals surface area contributed by atoms with Gasteiger partial charge in [-0.1, -0.05) is 109 Å². The molecule has 8 saturated heterocycles. The van der Waals surface area contributed by atoms with Gasteiger partial charge < -0.3 is 192 Å². The number of carbonyl (C=O) groups excluding carboxylic acids is 5. The highest BCUT2D eigenvalue weighted by Gasteiger charge is 2.74. The Morgan fingerprint density at radius 1 is 0.521 bits per heavy atom. The second-order valence-electron chi connectivity index (χ2n) is 42.1. The lowest BCUT2D eigenvalue weighted by Gasteiger charge is -2.72. The Morgan fingerprint density at radius 2 is 1.06 bits per heavy atom. The Kier molecular flexibility index (Phi) is 34.8. The number of hydrogen-bond acceptors (Lipinski definition) is 43. The average molecular weight is 2000 g/mol. The Hall–Kier alpha value is -5.83. The van der Waals surface area contributed by atoms with Gasteiger partial charge in [0.2, 0.25) is 12.2 Å². The Balaban J connectivity index is 0.754. The van der Waals surface area contributed by atoms with Crippen LogP contribution >= 0.6 is 0 Å². The Morgan fingerprint density at radius 3 is 1.70 bits per heavy atom. The van der Waals surface area contributed by atoms with Crippen molar-refractivity contribution in [2.45, 2.75) is 380 Å². The van der Waals surface area contributed by atoms with Crippen molar-refractivity contribution in [3.63, 3.8) is 0 Å². The van der Waals surface area contributed by atoms with Crippen LogP contribution < -0.4 is 5.32 Å². The van der Waals surface area contributed by atoms with Gasteiger partial charge in [0.1, 0.15) is 158 Å². The molecule has 0 spiro atoms. The first kappa shape index (κ1) is 110. The molecule has 13 aliphatic rings. The van der Waals surface area contributed by atoms with Crippen molar-refractivity contribution in [2.75, 3.05) is 52.9 Å². The number of allylic oxidation sites excluding steroid dienone is 3. The van der Waals surface area contributed by atoms with Crippen molar-refractivity contribution in [1.29, 1.82) is 0 Å². The molecule has 0 bridgehead atoms. The average Bonchev–Trinajstić information content (AvgIpc) is 1.22. The zero-order valence-corrected chi connectivity index (χ0v) is 80.3. The van der Waals surface area contributed by atoms with Gasteiger partial charge in [0, 0.05) is 31.4 Å². The minimum atomic E-state index is -2.29. The van der Waals surface area contributed by atoms with Gasteiger partial charge >= 0.3 is 23.9 Å². The lowest BCUT2D eigenvalue weighted by atomic mass is 9.32. The molecule has 8 aliphatic heterocycles. The molecule has 14 rings (SSSR count). The van der Waals surface area contributed by atoms with E-state index in [9.17, 15) is 116 Å². The summed E-state index contributed by atoms with van der Waals surface area (Å²) in [6.07, 6.45) is -53.2. The lowest BCUT2D eigenvalue weighted by Crippen LogP contribution is -2.70. The molecule has 0 aromatic heterocycles. The van der Waals surface area contributed by atoms with Crippen molar-refractivity contribution in [3.05, 3.63) is 77.9 Å². The highest BCUT2D eigenvalue weighted by Crippen LogP contribution is 2.77. The van der Waals surface area contributed by atoms with Gasteiger partial charge in [-0.25, -0.2) is 9.59 Å². The largest absolute Gasteiger partial charge is 0.463 e. The predicted molar refractivity (Wildman–Crippen MR) is 473 cm³/mol. The monoisotopic (exact) mass is 2000 g/mol. The molecule has 140 heavy (non-hydrogen) atoms. The predicted octanol–water partition coefficient (Wildman–Crippen LogP) is -3.38. The number of hydrogen-bond donors (Lipinski definition) is 20. The van der Waals surface area contributed by atoms with E-state index >= 15 is 4.79 Å². The van der Waals surface area contributed by atoms with Crippen molar-refractivity contribution in [1.82, 2.24) is 5.32 Å². The fourth-order valence-electron chi connectivity index (χ4n) is 24.3. The zero-order valence-electron chi connectivity index (χ0n) is 80.3. The van der Waals surface area contributed by atoms with E-state index in [0.29, 0.717) is 50.5 Å². The van der Waals surface area contributed by atoms with Crippen molar-refractivity contribution in [2.24, 2.45) is 50.2 Å². The van der Waals surface area contributed by atoms with Crippen LogP contribution in [-0.2, 0) is 114 Å². The molecule has 44 heteroatoms. The summed E-state index contributed by atoms with van der Waals surface area (Å²) in [5, 5.41) is 218. The van der Waals surface area contributed by atoms with Crippen LogP contribution in [0.4, 0.5) is 0 Å². The summed E-state index contributed by atoms with van der Waals surface area (Å²) in [7, 11) is 0. The number of aliphatic hydroxyl groups excluding tert-OH is 18. The number of ether oxygens (including phenoxy) is 19. The minimum Gasteiger partial charge on any atom is -0.463 e. The van der Waals surface area contributed by atoms with Crippen molar-refractivity contribution < 1.29 is 211 Å². The molecule has 12 fully saturated rings. The molecule has 1 amide bonds. The number of carbonyl (C=O) groups is 5. The van der Waals surface area contributed by atoms with E-state index in [1.165, 1.54) is 39.0 Å². The van der Waals surface area contributed by atoms with Gasteiger partial charge in [0.05, 0.1) is 64.1 Å². The van der Waals surface area contributed by atoms with Crippen LogP contribution in [0, 0.1) is 50.2 Å². The van der Waals surface area contributed by atoms with E-state index in [2.05, 4.69) is 52.6 Å². The summed E-state index contributed by atoms with van der Waals surface area (Å²) in [5.41, 5.74) is -5.49. The molecule has 44 nitrogen and oxygen atoms in total. The third-order valence-electron chi connectivity index (χ3n) is 32.2. The molecule has 790 valence electrons. The first-order chi connectivity index (χ1) is 66.0. The van der Waals surface area contributed by atoms with E-state index in [0.717, 1.165) is 18.6 Å². The molecular weight excluding hydrogens is 1860 g/mol. The number of esters is 4. The molecule has 45 atom stereocenters. The van der Waals surface area contributed by atoms with Crippen molar-refractivity contribution >= 4 is 35.9 Å². The maximum absolute atomic E-state index is 16.7. The maximum atomic E-state index is 16.7. The quantitative estimate of drug-likeness (QED) is 0.0113. The lowest BCUT2D eigenvalue weighted by molar-refractivity contribution is -0.377. The molecule has 0 radical (unpaired) electrons. The maximum Gasteiger partial charge on any atom is 0.333 e. The number of fused-ring (bicyclic) bond motifs is 7. The number of benzene rings is 1. The van der Waals surface area contributed by atoms with Crippen LogP contribution in [-0.4, -0.2) is 413 Å². The third kappa shape index (κ3) is 21.9. The SMILES string of the molecule is C=CC(C)(O)CCC=C(C)C(=O)OC1C(O)COC(OC2C(COC(C)=O)OC(OC(=O)C34CCCC(C)(C)C3C3=CCC5C6(C)CCC(OC7OC(COC8OCC(O)C(OC9OCC(O)C(O)C9O)C8O)C(OC8OC(CO)C(O)C(O)C8O)C(O)C7NC(C)=O)C(C)(C)C6CCC5(C)C3(C)CC4O)C(OC3OCC(O)C(OC4OC(CO)C(O)C4O)C3O)C2O)C1OC(=O)C=Cc1ccccc1. The molecule has 5 aliphatic carbocycles. The molecule has 20 N–H and O–H groups in total. The smallest absolute Gasteiger partial charge is 0.333 e. The summed E-state index contributed by atoms with van der Waals surface area (Å²) in [4.78, 5) is 71.6. The highest BCUT2D eigenvalue weighted by atomic mass is 16.8. The fourth-order valence-corrected chi connectivity index (χ4v) is 24.3. The number of aliphatic hydroxyl groups is 19. The minimum absolute atomic E-state index is 0.000557. The molecule has 8 heterocycles. The van der Waals surface area contributed by atoms with E-state index in [1.807, 2.05) is 13.8 Å². The normalized spacial score (nSPS) is 46.2. The van der Waals surface area contributed by atoms with Gasteiger partial charge in [0.25, 0.3) is 0 Å². The Labute approximate surface area is 809 Å². The highest BCUT2D eigenvalue weighted by molar-refractivity contribution is 5.88. The van der Waals surface area contributed by atoms with Gasteiger partial charge in [-0.2, -0.15) is 0 Å². The van der Waals surface area contributed by atoms with Gasteiger partial charge in [-0.15, -0.1) is 6.58 Å². The Bertz CT molecular complexity index is 4480. The van der Waals surface area contributed by atoms with Gasteiger partial charge in [0.15, 0.2) is 62.3 Å². The van der Waals surface area contributed by atoms with E-state index in [1.54, 1.807) is 30.3 Å². The first-order valence-corrected chi connectivity index (χ1v) is 48.2. The third-order valence-corrected chi connectivity index (χ3v) is 32.2. The molecular formula is C96H143NO43. The standard InChI is InChI=1S/C96H143NO43/c1-13-92(9,121)29-17-19-42(2)80(119)134-74-50(105)39-126-87(78(74)133-59(107)25-22-45-20-15-14-16-21-45)138-76-53(40-122-44(4)101)131-88(77(69(76)116)139-84-71(118)73(49(104)38-125-84)136-85-67(114)63(110)52(35-99)129-85)140-89(120)96-30-18-28-90(5,6)79(96)46-23-24-56-93(10)31-27-58(91(7,8)55(93)26-32-94(56,11)95(46,12)33-57(96)106)132-81-60(97-43(3)100)64(111)75(137-86-68(115)65(112)62(109)51(34-98)128-86)54(130-81)41-127-82-70(117)72(48(103)37-123-82)135-83-66(113)61(108)47(102)36-124-83/h13-16,19-23,25,47-58,60-79,81-88,98-99,102-106,108-118,121H,1,17-18,24,26-41H2,2-12H3,(H,97,100). The van der Waals surface area contributed by atoms with Crippen LogP contribution in [0.15, 0.2) is 72.4 Å². The van der Waals surface area contributed by atoms with E-state index < -0.39 is 354 Å². The second kappa shape index (κ2) is 44.3. The molecule has 4 saturated carbocycles. The molecule has 45 unspecified atom stereocenters. The van der Waals surface area contributed by atoms with Crippen LogP contribution in [0.25, 0.3) is 6.08 Å². The van der Waals surface area contributed by atoms with E-state index in [4.69, 9.17) is 90.0 Å². The molecule has 1 aromatic carbocycles. The number of amides is 1. The number of nitrogens with one attached hydrogen (secondary N) is 1. The van der Waals surface area contributed by atoms with Crippen molar-refractivity contribution in [3.8, 4) is 0 Å². The summed E-state index contributed by atoms with van der Waals surface area (Å²) in [5.74, 6) is -5.87. The topological polar surface area (TPSA) is 657 Å². The summed E-state index contributed by atoms with van der Waals surface area (Å²) in [6, 6.07) is 7.04. The fraction of sp³-hybridized carbons (Fsp3) is 0.802.